The number of carbonyl (C=O) groups is 2. The summed E-state index contributed by atoms with van der Waals surface area (Å²) in [7, 11) is -10.3. The molecule has 3 aromatic rings. The molecule has 0 radical (unpaired) electrons. The highest BCUT2D eigenvalue weighted by Gasteiger charge is 2.43. The van der Waals surface area contributed by atoms with E-state index in [1.54, 1.807) is 78.9 Å². The molecule has 0 heterocycles. The van der Waals surface area contributed by atoms with Crippen molar-refractivity contribution in [2.75, 3.05) is 36.5 Å². The number of rotatable bonds is 14. The highest BCUT2D eigenvalue weighted by atomic mass is 35.5. The number of hydrogen-bond acceptors (Lipinski definition) is 7. The Morgan fingerprint density at radius 1 is 0.780 bits per heavy atom. The van der Waals surface area contributed by atoms with Gasteiger partial charge < -0.3 is 4.65 Å². The molecule has 0 saturated heterocycles. The van der Waals surface area contributed by atoms with Gasteiger partial charge in [0.1, 0.15) is 5.75 Å². The normalized spacial score (nSPS) is 14.6. The van der Waals surface area contributed by atoms with Gasteiger partial charge in [-0.2, -0.15) is 18.7 Å². The Labute approximate surface area is 248 Å². The van der Waals surface area contributed by atoms with Crippen LogP contribution in [0.3, 0.4) is 0 Å². The quantitative estimate of drug-likeness (QED) is 0.161. The predicted octanol–water partition coefficient (Wildman–Crippen LogP) is 6.01. The fourth-order valence-corrected chi connectivity index (χ4v) is 7.41. The van der Waals surface area contributed by atoms with E-state index < -0.39 is 49.1 Å². The summed E-state index contributed by atoms with van der Waals surface area (Å²) in [5.74, 6) is -1.39. The van der Waals surface area contributed by atoms with Crippen molar-refractivity contribution in [2.24, 2.45) is 0 Å². The lowest BCUT2D eigenvalue weighted by Crippen LogP contribution is -2.53. The summed E-state index contributed by atoms with van der Waals surface area (Å²) in [5.41, 5.74) is 1.48. The van der Waals surface area contributed by atoms with Crippen molar-refractivity contribution in [3.05, 3.63) is 101 Å². The zero-order valence-electron chi connectivity index (χ0n) is 24.3. The molecule has 7 nitrogen and oxygen atoms in total. The molecule has 0 spiro atoms. The number of carbonyl (C=O) groups excluding carboxylic acids is 2. The molecule has 41 heavy (non-hydrogen) atoms. The largest absolute Gasteiger partial charge is 0.752 e. The first-order valence-electron chi connectivity index (χ1n) is 13.1. The summed E-state index contributed by atoms with van der Waals surface area (Å²) in [4.78, 5) is 26.1. The predicted molar refractivity (Wildman–Crippen MR) is 170 cm³/mol. The molecule has 0 aliphatic rings. The molecule has 0 bridgehead atoms. The van der Waals surface area contributed by atoms with Gasteiger partial charge in [-0.1, -0.05) is 86.1 Å². The smallest absolute Gasteiger partial charge is 0.510 e. The summed E-state index contributed by atoms with van der Waals surface area (Å²) in [6, 6.07) is 21.9. The average Bonchev–Trinajstić information content (AvgIpc) is 2.88. The monoisotopic (exact) mass is 620 g/mol. The minimum absolute atomic E-state index is 0.0243. The first-order chi connectivity index (χ1) is 18.9. The second-order valence-corrected chi connectivity index (χ2v) is 20.6. The lowest BCUT2D eigenvalue weighted by Gasteiger charge is -2.45. The lowest BCUT2D eigenvalue weighted by molar-refractivity contribution is 0.101. The van der Waals surface area contributed by atoms with E-state index in [0.29, 0.717) is 21.9 Å². The number of Topliss-reactive ketones (excluding diaryl/α,β-unsaturated/α-hetero) is 2. The zero-order valence-corrected chi connectivity index (χ0v) is 26.7. The van der Waals surface area contributed by atoms with Crippen molar-refractivity contribution in [3.63, 3.8) is 0 Å². The maximum atomic E-state index is 14.2. The molecule has 0 saturated carbocycles. The van der Waals surface area contributed by atoms with Crippen LogP contribution in [0.15, 0.2) is 78.9 Å². The first-order valence-corrected chi connectivity index (χ1v) is 19.3. The van der Waals surface area contributed by atoms with Gasteiger partial charge in [0.05, 0.1) is 11.5 Å². The molecule has 0 fully saturated rings. The summed E-state index contributed by atoms with van der Waals surface area (Å²) < 4.78 is 46.4. The van der Waals surface area contributed by atoms with Gasteiger partial charge in [-0.3, -0.25) is 17.8 Å². The van der Waals surface area contributed by atoms with Crippen LogP contribution >= 0.6 is 11.6 Å². The molecule has 0 amide bonds. The van der Waals surface area contributed by atoms with Crippen molar-refractivity contribution >= 4 is 49.2 Å². The average molecular weight is 621 g/mol. The van der Waals surface area contributed by atoms with E-state index >= 15 is 0 Å². The third-order valence-corrected chi connectivity index (χ3v) is 10.3. The molecule has 0 aliphatic heterocycles. The van der Waals surface area contributed by atoms with Crippen LogP contribution in [0.25, 0.3) is 0 Å². The van der Waals surface area contributed by atoms with Crippen LogP contribution in [-0.2, 0) is 26.9 Å². The third kappa shape index (κ3) is 10.0. The number of halogens is 1. The standard InChI is InChI=1S/C30H38BClO7S2/c1-7-23(2)27-20-26(32)18-19-30(27)37-31(38-40(3,4,35)21-28(33)24-14-10-8-11-15-24)39-41(5,6,36)22-29(34)25-16-12-9-13-17-25/h8-20,23H,7,21-22H2,1-6H3. The molecule has 11 heteroatoms. The van der Waals surface area contributed by atoms with Crippen LogP contribution in [0.2, 0.25) is 5.02 Å². The van der Waals surface area contributed by atoms with Crippen LogP contribution in [0.1, 0.15) is 52.5 Å². The number of hydrogen-bond donors (Lipinski definition) is 0. The molecular formula is C30H38BClO7S2. The second-order valence-electron chi connectivity index (χ2n) is 11.4. The Hall–Kier alpha value is -2.63. The summed E-state index contributed by atoms with van der Waals surface area (Å²) in [6.45, 7) is 4.00. The maximum absolute atomic E-state index is 14.2. The van der Waals surface area contributed by atoms with Crippen molar-refractivity contribution < 1.29 is 30.9 Å². The molecule has 0 aromatic heterocycles. The van der Waals surface area contributed by atoms with E-state index in [9.17, 15) is 18.0 Å². The van der Waals surface area contributed by atoms with Crippen molar-refractivity contribution in [1.29, 1.82) is 0 Å². The minimum Gasteiger partial charge on any atom is -0.510 e. The summed E-state index contributed by atoms with van der Waals surface area (Å²) in [5, 5.41) is 0.494. The van der Waals surface area contributed by atoms with Crippen LogP contribution in [0.4, 0.5) is 0 Å². The highest BCUT2D eigenvalue weighted by Crippen LogP contribution is 2.35. The van der Waals surface area contributed by atoms with Gasteiger partial charge in [-0.15, -0.1) is 0 Å². The molecular weight excluding hydrogens is 583 g/mol. The van der Waals surface area contributed by atoms with Crippen LogP contribution in [0, 0.1) is 0 Å². The fourth-order valence-electron chi connectivity index (χ4n) is 4.10. The lowest BCUT2D eigenvalue weighted by atomic mass is 9.97. The summed E-state index contributed by atoms with van der Waals surface area (Å²) in [6.07, 6.45) is 6.02. The number of ketones is 2. The molecule has 3 aromatic carbocycles. The molecule has 3 rings (SSSR count). The van der Waals surface area contributed by atoms with E-state index in [1.165, 1.54) is 25.0 Å². The van der Waals surface area contributed by atoms with Gasteiger partial charge in [-0.05, 0) is 36.1 Å². The molecule has 0 N–H and O–H groups in total. The first kappa shape index (κ1) is 32.9. The zero-order chi connectivity index (χ0) is 30.5. The Kier molecular flexibility index (Phi) is 9.88. The Morgan fingerprint density at radius 3 is 1.63 bits per heavy atom. The highest BCUT2D eigenvalue weighted by molar-refractivity contribution is 8.17. The van der Waals surface area contributed by atoms with Crippen molar-refractivity contribution in [2.45, 2.75) is 26.2 Å². The van der Waals surface area contributed by atoms with E-state index in [0.717, 1.165) is 12.0 Å². The SMILES string of the molecule is CCC(C)c1cc(Cl)ccc1OB(OS(C)(C)(=O)CC(=O)c1ccccc1)OS(C)(C)(=O)CC(=O)c1ccccc1. The van der Waals surface area contributed by atoms with Crippen molar-refractivity contribution in [1.82, 2.24) is 0 Å². The third-order valence-electron chi connectivity index (χ3n) is 6.36. The Bertz CT molecular complexity index is 1450. The topological polar surface area (TPSA) is 96.0 Å². The maximum Gasteiger partial charge on any atom is 0.752 e. The van der Waals surface area contributed by atoms with Gasteiger partial charge in [0.25, 0.3) is 0 Å². The molecule has 1 atom stereocenters. The fraction of sp³-hybridized carbons (Fsp3) is 0.333. The van der Waals surface area contributed by atoms with Gasteiger partial charge in [0, 0.05) is 41.2 Å². The summed E-state index contributed by atoms with van der Waals surface area (Å²) >= 11 is 6.26. The van der Waals surface area contributed by atoms with Gasteiger partial charge in [0.15, 0.2) is 11.6 Å². The van der Waals surface area contributed by atoms with E-state index in [-0.39, 0.29) is 5.92 Å². The molecule has 0 aliphatic carbocycles. The van der Waals surface area contributed by atoms with Gasteiger partial charge >= 0.3 is 7.32 Å². The van der Waals surface area contributed by atoms with Gasteiger partial charge in [0.2, 0.25) is 0 Å². The minimum atomic E-state index is -4.24. The molecule has 222 valence electrons. The van der Waals surface area contributed by atoms with E-state index in [4.69, 9.17) is 24.5 Å². The second kappa shape index (κ2) is 12.3. The van der Waals surface area contributed by atoms with Crippen molar-refractivity contribution in [3.8, 4) is 5.75 Å². The van der Waals surface area contributed by atoms with Crippen LogP contribution in [0.5, 0.6) is 5.75 Å². The van der Waals surface area contributed by atoms with E-state index in [1.807, 2.05) is 13.8 Å². The Balaban J connectivity index is 1.98. The Morgan fingerprint density at radius 2 is 1.22 bits per heavy atom. The van der Waals surface area contributed by atoms with Gasteiger partial charge in [-0.25, -0.2) is 8.42 Å². The number of benzene rings is 3. The van der Waals surface area contributed by atoms with Crippen LogP contribution in [-0.4, -0.2) is 63.8 Å². The van der Waals surface area contributed by atoms with Crippen LogP contribution < -0.4 is 4.65 Å². The van der Waals surface area contributed by atoms with E-state index in [2.05, 4.69) is 0 Å². The molecule has 1 unspecified atom stereocenters.